The highest BCUT2D eigenvalue weighted by Gasteiger charge is 2.30. The number of carbonyl (C=O) groups is 1. The molecule has 1 aromatic carbocycles. The molecule has 2 rings (SSSR count). The Morgan fingerprint density at radius 1 is 1.32 bits per heavy atom. The SMILES string of the molecule is CC1CN(C(=O)c2cc(S)ccc2Br)CC(C)N1C. The number of piperazine rings is 1. The molecule has 3 nitrogen and oxygen atoms in total. The van der Waals surface area contributed by atoms with Crippen LogP contribution < -0.4 is 0 Å². The Bertz CT molecular complexity index is 482. The Morgan fingerprint density at radius 3 is 2.47 bits per heavy atom. The maximum absolute atomic E-state index is 12.6. The van der Waals surface area contributed by atoms with Crippen LogP contribution in [-0.4, -0.2) is 47.9 Å². The molecule has 5 heteroatoms. The number of thiol groups is 1. The first kappa shape index (κ1) is 14.9. The Hall–Kier alpha value is -0.520. The molecule has 1 aliphatic heterocycles. The summed E-state index contributed by atoms with van der Waals surface area (Å²) in [6.07, 6.45) is 0. The van der Waals surface area contributed by atoms with Crippen molar-refractivity contribution in [3.05, 3.63) is 28.2 Å². The third-order valence-corrected chi connectivity index (χ3v) is 4.80. The van der Waals surface area contributed by atoms with Crippen LogP contribution >= 0.6 is 28.6 Å². The third kappa shape index (κ3) is 3.15. The van der Waals surface area contributed by atoms with E-state index in [1.54, 1.807) is 0 Å². The van der Waals surface area contributed by atoms with Crippen LogP contribution in [0.2, 0.25) is 0 Å². The fourth-order valence-electron chi connectivity index (χ4n) is 2.42. The van der Waals surface area contributed by atoms with Gasteiger partial charge in [-0.2, -0.15) is 0 Å². The van der Waals surface area contributed by atoms with Crippen molar-refractivity contribution in [2.24, 2.45) is 0 Å². The van der Waals surface area contributed by atoms with Gasteiger partial charge >= 0.3 is 0 Å². The molecule has 1 amide bonds. The van der Waals surface area contributed by atoms with Crippen LogP contribution in [0.15, 0.2) is 27.6 Å². The van der Waals surface area contributed by atoms with E-state index >= 15 is 0 Å². The molecule has 0 bridgehead atoms. The van der Waals surface area contributed by atoms with Crippen molar-refractivity contribution in [2.45, 2.75) is 30.8 Å². The summed E-state index contributed by atoms with van der Waals surface area (Å²) < 4.78 is 0.828. The minimum absolute atomic E-state index is 0.0783. The van der Waals surface area contributed by atoms with E-state index in [4.69, 9.17) is 0 Å². The molecule has 2 unspecified atom stereocenters. The fourth-order valence-corrected chi connectivity index (χ4v) is 3.04. The molecule has 0 radical (unpaired) electrons. The van der Waals surface area contributed by atoms with Crippen molar-refractivity contribution in [2.75, 3.05) is 20.1 Å². The van der Waals surface area contributed by atoms with Gasteiger partial charge in [0, 0.05) is 34.5 Å². The Morgan fingerprint density at radius 2 is 1.89 bits per heavy atom. The maximum atomic E-state index is 12.6. The van der Waals surface area contributed by atoms with Crippen molar-refractivity contribution in [3.8, 4) is 0 Å². The van der Waals surface area contributed by atoms with E-state index in [2.05, 4.69) is 54.4 Å². The van der Waals surface area contributed by atoms with Crippen LogP contribution in [0.5, 0.6) is 0 Å². The molecule has 0 saturated carbocycles. The Labute approximate surface area is 128 Å². The highest BCUT2D eigenvalue weighted by atomic mass is 79.9. The van der Waals surface area contributed by atoms with E-state index in [1.807, 2.05) is 23.1 Å². The molecule has 1 fully saturated rings. The van der Waals surface area contributed by atoms with Gasteiger partial charge in [0.2, 0.25) is 0 Å². The lowest BCUT2D eigenvalue weighted by Crippen LogP contribution is -2.56. The topological polar surface area (TPSA) is 23.6 Å². The molecule has 0 aromatic heterocycles. The van der Waals surface area contributed by atoms with Crippen LogP contribution in [0.1, 0.15) is 24.2 Å². The first-order valence-corrected chi connectivity index (χ1v) is 7.64. The van der Waals surface area contributed by atoms with Gasteiger partial charge in [-0.15, -0.1) is 12.6 Å². The zero-order valence-electron chi connectivity index (χ0n) is 11.4. The fraction of sp³-hybridized carbons (Fsp3) is 0.500. The molecule has 1 aliphatic rings. The number of rotatable bonds is 1. The van der Waals surface area contributed by atoms with Crippen molar-refractivity contribution in [1.82, 2.24) is 9.80 Å². The molecule has 0 N–H and O–H groups in total. The first-order chi connectivity index (χ1) is 8.90. The lowest BCUT2D eigenvalue weighted by Gasteiger charge is -2.42. The van der Waals surface area contributed by atoms with Crippen LogP contribution in [-0.2, 0) is 0 Å². The Kier molecular flexibility index (Phi) is 4.58. The van der Waals surface area contributed by atoms with Crippen LogP contribution in [0.4, 0.5) is 0 Å². The number of halogens is 1. The normalized spacial score (nSPS) is 24.6. The van der Waals surface area contributed by atoms with Gasteiger partial charge in [-0.05, 0) is 55.0 Å². The third-order valence-electron chi connectivity index (χ3n) is 3.83. The summed E-state index contributed by atoms with van der Waals surface area (Å²) >= 11 is 7.76. The Balaban J connectivity index is 2.22. The number of amides is 1. The van der Waals surface area contributed by atoms with Crippen LogP contribution in [0.25, 0.3) is 0 Å². The highest BCUT2D eigenvalue weighted by Crippen LogP contribution is 2.23. The predicted octanol–water partition coefficient (Wildman–Crippen LogP) is 2.90. The van der Waals surface area contributed by atoms with E-state index in [9.17, 15) is 4.79 Å². The van der Waals surface area contributed by atoms with Crippen molar-refractivity contribution < 1.29 is 4.79 Å². The van der Waals surface area contributed by atoms with Gasteiger partial charge in [0.25, 0.3) is 5.91 Å². The lowest BCUT2D eigenvalue weighted by atomic mass is 10.1. The summed E-state index contributed by atoms with van der Waals surface area (Å²) in [7, 11) is 2.11. The van der Waals surface area contributed by atoms with Gasteiger partial charge in [-0.1, -0.05) is 0 Å². The van der Waals surface area contributed by atoms with E-state index in [-0.39, 0.29) is 5.91 Å². The molecule has 19 heavy (non-hydrogen) atoms. The summed E-state index contributed by atoms with van der Waals surface area (Å²) in [6.45, 7) is 5.84. The minimum Gasteiger partial charge on any atom is -0.335 e. The minimum atomic E-state index is 0.0783. The quantitative estimate of drug-likeness (QED) is 0.793. The molecule has 1 heterocycles. The molecular formula is C14H19BrN2OS. The van der Waals surface area contributed by atoms with Gasteiger partial charge in [0.15, 0.2) is 0 Å². The maximum Gasteiger partial charge on any atom is 0.255 e. The molecule has 1 aromatic rings. The summed E-state index contributed by atoms with van der Waals surface area (Å²) in [5.74, 6) is 0.0783. The summed E-state index contributed by atoms with van der Waals surface area (Å²) in [6, 6.07) is 6.33. The van der Waals surface area contributed by atoms with Crippen LogP contribution in [0, 0.1) is 0 Å². The summed E-state index contributed by atoms with van der Waals surface area (Å²) in [5.41, 5.74) is 0.691. The second-order valence-corrected chi connectivity index (χ2v) is 6.61. The second kappa shape index (κ2) is 5.85. The number of hydrogen-bond acceptors (Lipinski definition) is 3. The lowest BCUT2D eigenvalue weighted by molar-refractivity contribution is 0.0413. The number of hydrogen-bond donors (Lipinski definition) is 1. The van der Waals surface area contributed by atoms with E-state index in [1.165, 1.54) is 0 Å². The number of benzene rings is 1. The number of nitrogens with zero attached hydrogens (tertiary/aromatic N) is 2. The standard InChI is InChI=1S/C14H19BrN2OS/c1-9-7-17(8-10(2)16(9)3)14(18)12-6-11(19)4-5-13(12)15/h4-6,9-10,19H,7-8H2,1-3H3. The van der Waals surface area contributed by atoms with Gasteiger partial charge in [0.05, 0.1) is 5.56 Å². The summed E-state index contributed by atoms with van der Waals surface area (Å²) in [5, 5.41) is 0. The molecule has 2 atom stereocenters. The van der Waals surface area contributed by atoms with Gasteiger partial charge in [0.1, 0.15) is 0 Å². The average molecular weight is 343 g/mol. The number of carbonyl (C=O) groups excluding carboxylic acids is 1. The van der Waals surface area contributed by atoms with Gasteiger partial charge in [-0.25, -0.2) is 0 Å². The highest BCUT2D eigenvalue weighted by molar-refractivity contribution is 9.10. The zero-order chi connectivity index (χ0) is 14.2. The zero-order valence-corrected chi connectivity index (χ0v) is 13.9. The molecule has 1 saturated heterocycles. The predicted molar refractivity (Wildman–Crippen MR) is 84.0 cm³/mol. The second-order valence-electron chi connectivity index (χ2n) is 5.24. The van der Waals surface area contributed by atoms with E-state index in [0.717, 1.165) is 22.5 Å². The van der Waals surface area contributed by atoms with Gasteiger partial charge in [-0.3, -0.25) is 9.69 Å². The monoisotopic (exact) mass is 342 g/mol. The van der Waals surface area contributed by atoms with Crippen molar-refractivity contribution in [1.29, 1.82) is 0 Å². The van der Waals surface area contributed by atoms with Crippen molar-refractivity contribution in [3.63, 3.8) is 0 Å². The molecule has 104 valence electrons. The van der Waals surface area contributed by atoms with Crippen molar-refractivity contribution >= 4 is 34.5 Å². The largest absolute Gasteiger partial charge is 0.335 e. The summed E-state index contributed by atoms with van der Waals surface area (Å²) in [4.78, 5) is 17.7. The van der Waals surface area contributed by atoms with Crippen LogP contribution in [0.3, 0.4) is 0 Å². The van der Waals surface area contributed by atoms with E-state index in [0.29, 0.717) is 17.6 Å². The first-order valence-electron chi connectivity index (χ1n) is 6.40. The van der Waals surface area contributed by atoms with E-state index < -0.39 is 0 Å². The molecule has 0 aliphatic carbocycles. The molecule has 0 spiro atoms. The van der Waals surface area contributed by atoms with Gasteiger partial charge < -0.3 is 4.90 Å². The average Bonchev–Trinajstić information content (AvgIpc) is 2.37. The molecular weight excluding hydrogens is 324 g/mol. The smallest absolute Gasteiger partial charge is 0.255 e. The number of likely N-dealkylation sites (N-methyl/N-ethyl adjacent to an activating group) is 1.